The van der Waals surface area contributed by atoms with Crippen molar-refractivity contribution in [2.45, 2.75) is 52.9 Å². The Hall–Kier alpha value is -1.77. The summed E-state index contributed by atoms with van der Waals surface area (Å²) in [7, 11) is 0. The predicted octanol–water partition coefficient (Wildman–Crippen LogP) is 4.36. The van der Waals surface area contributed by atoms with Crippen LogP contribution in [0.25, 0.3) is 5.69 Å². The SMILES string of the molecule is CCC(CC)c1nn(-c2ccc(C)cc2C)c2c1CCN2. The predicted molar refractivity (Wildman–Crippen MR) is 88.6 cm³/mol. The summed E-state index contributed by atoms with van der Waals surface area (Å²) in [6.07, 6.45) is 3.42. The number of nitrogens with one attached hydrogen (secondary N) is 1. The van der Waals surface area contributed by atoms with Crippen molar-refractivity contribution in [3.8, 4) is 5.69 Å². The summed E-state index contributed by atoms with van der Waals surface area (Å²) in [5.41, 5.74) is 6.52. The van der Waals surface area contributed by atoms with Gasteiger partial charge in [0.05, 0.1) is 11.4 Å². The van der Waals surface area contributed by atoms with E-state index in [4.69, 9.17) is 5.10 Å². The van der Waals surface area contributed by atoms with Crippen LogP contribution in [0.5, 0.6) is 0 Å². The van der Waals surface area contributed by atoms with Crippen LogP contribution in [-0.4, -0.2) is 16.3 Å². The van der Waals surface area contributed by atoms with Gasteiger partial charge in [0.25, 0.3) is 0 Å². The Morgan fingerprint density at radius 3 is 2.67 bits per heavy atom. The molecule has 1 aromatic heterocycles. The second-order valence-corrected chi connectivity index (χ2v) is 6.10. The molecule has 0 fully saturated rings. The highest BCUT2D eigenvalue weighted by Crippen LogP contribution is 2.35. The minimum absolute atomic E-state index is 0.575. The van der Waals surface area contributed by atoms with Gasteiger partial charge in [0, 0.05) is 18.0 Å². The lowest BCUT2D eigenvalue weighted by atomic mass is 9.96. The van der Waals surface area contributed by atoms with E-state index in [0.29, 0.717) is 5.92 Å². The number of hydrogen-bond acceptors (Lipinski definition) is 2. The van der Waals surface area contributed by atoms with Crippen LogP contribution in [0.1, 0.15) is 55.0 Å². The molecule has 112 valence electrons. The molecule has 0 aliphatic carbocycles. The lowest BCUT2D eigenvalue weighted by molar-refractivity contribution is 0.607. The summed E-state index contributed by atoms with van der Waals surface area (Å²) in [6, 6.07) is 6.59. The van der Waals surface area contributed by atoms with Crippen molar-refractivity contribution in [2.24, 2.45) is 0 Å². The highest BCUT2D eigenvalue weighted by molar-refractivity contribution is 5.59. The van der Waals surface area contributed by atoms with Gasteiger partial charge in [-0.3, -0.25) is 0 Å². The van der Waals surface area contributed by atoms with Gasteiger partial charge >= 0.3 is 0 Å². The van der Waals surface area contributed by atoms with Gasteiger partial charge in [0.1, 0.15) is 5.82 Å². The normalized spacial score (nSPS) is 13.6. The molecule has 2 aromatic rings. The van der Waals surface area contributed by atoms with Crippen LogP contribution >= 0.6 is 0 Å². The zero-order valence-electron chi connectivity index (χ0n) is 13.5. The molecule has 0 unspecified atom stereocenters. The molecule has 3 heteroatoms. The van der Waals surface area contributed by atoms with E-state index in [2.05, 4.69) is 55.9 Å². The molecule has 21 heavy (non-hydrogen) atoms. The Bertz CT molecular complexity index is 651. The lowest BCUT2D eigenvalue weighted by Gasteiger charge is -2.12. The number of aromatic nitrogens is 2. The Morgan fingerprint density at radius 2 is 2.00 bits per heavy atom. The second-order valence-electron chi connectivity index (χ2n) is 6.10. The molecule has 1 aromatic carbocycles. The number of benzene rings is 1. The number of hydrogen-bond donors (Lipinski definition) is 1. The van der Waals surface area contributed by atoms with Crippen molar-refractivity contribution < 1.29 is 0 Å². The molecule has 0 saturated heterocycles. The summed E-state index contributed by atoms with van der Waals surface area (Å²) in [6.45, 7) is 9.86. The average Bonchev–Trinajstić information content (AvgIpc) is 3.04. The van der Waals surface area contributed by atoms with Crippen molar-refractivity contribution in [3.63, 3.8) is 0 Å². The molecule has 3 nitrogen and oxygen atoms in total. The van der Waals surface area contributed by atoms with Crippen molar-refractivity contribution in [3.05, 3.63) is 40.6 Å². The fourth-order valence-corrected chi connectivity index (χ4v) is 3.42. The molecular formula is C18H25N3. The van der Waals surface area contributed by atoms with Gasteiger partial charge in [-0.15, -0.1) is 0 Å². The van der Waals surface area contributed by atoms with Crippen LogP contribution in [0.15, 0.2) is 18.2 Å². The van der Waals surface area contributed by atoms with Gasteiger partial charge in [-0.1, -0.05) is 31.5 Å². The third kappa shape index (κ3) is 2.35. The van der Waals surface area contributed by atoms with E-state index in [-0.39, 0.29) is 0 Å². The summed E-state index contributed by atoms with van der Waals surface area (Å²) < 4.78 is 2.13. The number of nitrogens with zero attached hydrogens (tertiary/aromatic N) is 2. The molecule has 0 atom stereocenters. The third-order valence-corrected chi connectivity index (χ3v) is 4.63. The maximum absolute atomic E-state index is 4.99. The first-order valence-electron chi connectivity index (χ1n) is 8.09. The van der Waals surface area contributed by atoms with Crippen molar-refractivity contribution >= 4 is 5.82 Å². The zero-order chi connectivity index (χ0) is 15.0. The molecule has 2 heterocycles. The molecule has 0 spiro atoms. The van der Waals surface area contributed by atoms with Crippen molar-refractivity contribution in [2.75, 3.05) is 11.9 Å². The lowest BCUT2D eigenvalue weighted by Crippen LogP contribution is -2.07. The standard InChI is InChI=1S/C18H25N3/c1-5-14(6-2)17-15-9-10-19-18(15)21(20-17)16-8-7-12(3)11-13(16)4/h7-8,11,14,19H,5-6,9-10H2,1-4H3. The van der Waals surface area contributed by atoms with Crippen LogP contribution in [0.3, 0.4) is 0 Å². The van der Waals surface area contributed by atoms with Gasteiger partial charge in [-0.05, 0) is 44.7 Å². The maximum Gasteiger partial charge on any atom is 0.133 e. The van der Waals surface area contributed by atoms with E-state index < -0.39 is 0 Å². The topological polar surface area (TPSA) is 29.9 Å². The summed E-state index contributed by atoms with van der Waals surface area (Å²) in [5.74, 6) is 1.79. The quantitative estimate of drug-likeness (QED) is 0.903. The first-order chi connectivity index (χ1) is 10.2. The number of rotatable bonds is 4. The van der Waals surface area contributed by atoms with E-state index in [0.717, 1.165) is 25.8 Å². The molecule has 1 aliphatic rings. The Kier molecular flexibility index (Phi) is 3.75. The molecular weight excluding hydrogens is 258 g/mol. The van der Waals surface area contributed by atoms with Crippen LogP contribution in [0, 0.1) is 13.8 Å². The molecule has 0 bridgehead atoms. The van der Waals surface area contributed by atoms with Crippen LogP contribution in [0.2, 0.25) is 0 Å². The first-order valence-corrected chi connectivity index (χ1v) is 8.09. The van der Waals surface area contributed by atoms with E-state index in [1.807, 2.05) is 0 Å². The largest absolute Gasteiger partial charge is 0.369 e. The summed E-state index contributed by atoms with van der Waals surface area (Å²) in [4.78, 5) is 0. The number of fused-ring (bicyclic) bond motifs is 1. The van der Waals surface area contributed by atoms with Crippen LogP contribution in [-0.2, 0) is 6.42 Å². The molecule has 0 radical (unpaired) electrons. The van der Waals surface area contributed by atoms with Crippen LogP contribution in [0.4, 0.5) is 5.82 Å². The average molecular weight is 283 g/mol. The van der Waals surface area contributed by atoms with E-state index in [1.54, 1.807) is 0 Å². The van der Waals surface area contributed by atoms with E-state index >= 15 is 0 Å². The molecule has 1 N–H and O–H groups in total. The van der Waals surface area contributed by atoms with Gasteiger partial charge < -0.3 is 5.32 Å². The van der Waals surface area contributed by atoms with E-state index in [9.17, 15) is 0 Å². The molecule has 3 rings (SSSR count). The monoisotopic (exact) mass is 283 g/mol. The number of aryl methyl sites for hydroxylation is 2. The van der Waals surface area contributed by atoms with Crippen LogP contribution < -0.4 is 5.32 Å². The minimum atomic E-state index is 0.575. The smallest absolute Gasteiger partial charge is 0.133 e. The Balaban J connectivity index is 2.13. The fraction of sp³-hybridized carbons (Fsp3) is 0.500. The Labute approximate surface area is 127 Å². The molecule has 1 aliphatic heterocycles. The van der Waals surface area contributed by atoms with Crippen molar-refractivity contribution in [1.82, 2.24) is 9.78 Å². The van der Waals surface area contributed by atoms with Gasteiger partial charge in [-0.25, -0.2) is 4.68 Å². The number of anilines is 1. The van der Waals surface area contributed by atoms with Crippen molar-refractivity contribution in [1.29, 1.82) is 0 Å². The molecule has 0 saturated carbocycles. The van der Waals surface area contributed by atoms with Gasteiger partial charge in [-0.2, -0.15) is 5.10 Å². The zero-order valence-corrected chi connectivity index (χ0v) is 13.5. The summed E-state index contributed by atoms with van der Waals surface area (Å²) >= 11 is 0. The van der Waals surface area contributed by atoms with E-state index in [1.165, 1.54) is 33.9 Å². The van der Waals surface area contributed by atoms with Gasteiger partial charge in [0.2, 0.25) is 0 Å². The highest BCUT2D eigenvalue weighted by atomic mass is 15.3. The maximum atomic E-state index is 4.99. The Morgan fingerprint density at radius 1 is 1.24 bits per heavy atom. The highest BCUT2D eigenvalue weighted by Gasteiger charge is 2.26. The molecule has 0 amide bonds. The first kappa shape index (κ1) is 14.2. The minimum Gasteiger partial charge on any atom is -0.369 e. The van der Waals surface area contributed by atoms with Gasteiger partial charge in [0.15, 0.2) is 0 Å². The fourth-order valence-electron chi connectivity index (χ4n) is 3.42. The summed E-state index contributed by atoms with van der Waals surface area (Å²) in [5, 5.41) is 8.52. The third-order valence-electron chi connectivity index (χ3n) is 4.63. The second kappa shape index (κ2) is 5.55.